The molecule has 2 aromatic carbocycles. The molecule has 4 heterocycles. The SMILES string of the molecule is Cc1ccc(C2=Nc3ccc4c5c(ccc(c35)[Se]2)N=C(c2ccc(C)s2)[Se]4)s1. The van der Waals surface area contributed by atoms with Crippen LogP contribution in [0.2, 0.25) is 0 Å². The van der Waals surface area contributed by atoms with Gasteiger partial charge in [0, 0.05) is 0 Å². The maximum atomic E-state index is 5.08. The van der Waals surface area contributed by atoms with Gasteiger partial charge in [0.15, 0.2) is 0 Å². The zero-order chi connectivity index (χ0) is 18.8. The van der Waals surface area contributed by atoms with E-state index in [0.717, 1.165) is 11.4 Å². The van der Waals surface area contributed by atoms with Crippen LogP contribution in [0.4, 0.5) is 11.4 Å². The molecule has 0 unspecified atom stereocenters. The van der Waals surface area contributed by atoms with Crippen LogP contribution in [0.25, 0.3) is 10.8 Å². The van der Waals surface area contributed by atoms with Gasteiger partial charge in [0.2, 0.25) is 0 Å². The number of aryl methyl sites for hydroxylation is 2. The summed E-state index contributed by atoms with van der Waals surface area (Å²) < 4.78 is 5.39. The Morgan fingerprint density at radius 3 is 1.46 bits per heavy atom. The summed E-state index contributed by atoms with van der Waals surface area (Å²) >= 11 is 4.17. The number of hydrogen-bond donors (Lipinski definition) is 0. The van der Waals surface area contributed by atoms with Crippen LogP contribution in [-0.4, -0.2) is 39.1 Å². The Balaban J connectivity index is 1.53. The predicted octanol–water partition coefficient (Wildman–Crippen LogP) is 4.42. The van der Waals surface area contributed by atoms with Gasteiger partial charge in [-0.25, -0.2) is 0 Å². The van der Waals surface area contributed by atoms with E-state index >= 15 is 0 Å². The van der Waals surface area contributed by atoms with Crippen LogP contribution >= 0.6 is 22.7 Å². The summed E-state index contributed by atoms with van der Waals surface area (Å²) in [7, 11) is 0. The molecule has 0 spiro atoms. The molecule has 0 N–H and O–H groups in total. The molecule has 4 aromatic rings. The van der Waals surface area contributed by atoms with Crippen molar-refractivity contribution in [1.82, 2.24) is 0 Å². The van der Waals surface area contributed by atoms with Gasteiger partial charge in [-0.2, -0.15) is 0 Å². The second-order valence-electron chi connectivity index (χ2n) is 6.77. The van der Waals surface area contributed by atoms with Gasteiger partial charge in [-0.05, 0) is 0 Å². The molecule has 0 fully saturated rings. The van der Waals surface area contributed by atoms with Gasteiger partial charge in [-0.1, -0.05) is 0 Å². The average molecular weight is 528 g/mol. The Bertz CT molecular complexity index is 1240. The van der Waals surface area contributed by atoms with E-state index in [0.29, 0.717) is 0 Å². The summed E-state index contributed by atoms with van der Waals surface area (Å²) in [6.45, 7) is 4.33. The van der Waals surface area contributed by atoms with Gasteiger partial charge in [-0.3, -0.25) is 0 Å². The van der Waals surface area contributed by atoms with Crippen LogP contribution in [0, 0.1) is 13.8 Å². The molecule has 2 aromatic heterocycles. The number of rotatable bonds is 2. The average Bonchev–Trinajstić information content (AvgIpc) is 3.34. The second-order valence-corrected chi connectivity index (χ2v) is 13.7. The minimum atomic E-state index is 0.239. The maximum absolute atomic E-state index is 5.08. The third-order valence-electron chi connectivity index (χ3n) is 4.80. The standard InChI is InChI=1S/C22H14N2S2Se2/c1-11-3-7-15(25-11)21-23-13-5-10-18-20-14(6-9-17(27-21)19(13)20)24-22(28-18)16-8-4-12(2)26-16/h3-10H,1-2H3. The molecule has 136 valence electrons. The number of hydrogen-bond acceptors (Lipinski definition) is 4. The summed E-state index contributed by atoms with van der Waals surface area (Å²) in [5, 5.41) is 2.69. The molecule has 0 bridgehead atoms. The first-order valence-electron chi connectivity index (χ1n) is 8.92. The van der Waals surface area contributed by atoms with Crippen LogP contribution in [0.3, 0.4) is 0 Å². The van der Waals surface area contributed by atoms with Crippen molar-refractivity contribution in [3.63, 3.8) is 0 Å². The van der Waals surface area contributed by atoms with Crippen molar-refractivity contribution >= 4 is 92.9 Å². The Kier molecular flexibility index (Phi) is 4.02. The van der Waals surface area contributed by atoms with Crippen molar-refractivity contribution in [2.45, 2.75) is 13.8 Å². The molecule has 2 aliphatic rings. The zero-order valence-electron chi connectivity index (χ0n) is 15.1. The third-order valence-corrected chi connectivity index (χ3v) is 11.9. The van der Waals surface area contributed by atoms with Crippen LogP contribution in [0.1, 0.15) is 19.5 Å². The van der Waals surface area contributed by atoms with E-state index in [1.54, 1.807) is 0 Å². The summed E-state index contributed by atoms with van der Waals surface area (Å²) in [6, 6.07) is 17.9. The molecular formula is C22H14N2S2Se2. The molecule has 6 heteroatoms. The number of nitrogens with zero attached hydrogens (tertiary/aromatic N) is 2. The molecular weight excluding hydrogens is 514 g/mol. The zero-order valence-corrected chi connectivity index (χ0v) is 20.2. The third kappa shape index (κ3) is 2.72. The Morgan fingerprint density at radius 1 is 0.607 bits per heavy atom. The van der Waals surface area contributed by atoms with Gasteiger partial charge < -0.3 is 0 Å². The molecule has 0 saturated carbocycles. The van der Waals surface area contributed by atoms with Gasteiger partial charge in [0.05, 0.1) is 0 Å². The fourth-order valence-electron chi connectivity index (χ4n) is 3.54. The van der Waals surface area contributed by atoms with E-state index < -0.39 is 0 Å². The van der Waals surface area contributed by atoms with Crippen molar-refractivity contribution in [3.8, 4) is 0 Å². The van der Waals surface area contributed by atoms with Gasteiger partial charge >= 0.3 is 185 Å². The van der Waals surface area contributed by atoms with Crippen molar-refractivity contribution in [2.24, 2.45) is 9.98 Å². The molecule has 0 amide bonds. The van der Waals surface area contributed by atoms with Crippen molar-refractivity contribution in [3.05, 3.63) is 68.0 Å². The van der Waals surface area contributed by atoms with E-state index in [9.17, 15) is 0 Å². The molecule has 2 nitrogen and oxygen atoms in total. The first-order chi connectivity index (χ1) is 13.7. The Morgan fingerprint density at radius 2 is 1.07 bits per heavy atom. The van der Waals surface area contributed by atoms with Gasteiger partial charge in [0.25, 0.3) is 0 Å². The quantitative estimate of drug-likeness (QED) is 0.345. The number of benzene rings is 2. The van der Waals surface area contributed by atoms with Crippen LogP contribution in [-0.2, 0) is 0 Å². The molecule has 0 atom stereocenters. The monoisotopic (exact) mass is 530 g/mol. The van der Waals surface area contributed by atoms with E-state index in [-0.39, 0.29) is 29.9 Å². The van der Waals surface area contributed by atoms with Gasteiger partial charge in [-0.15, -0.1) is 0 Å². The van der Waals surface area contributed by atoms with Crippen molar-refractivity contribution in [2.75, 3.05) is 0 Å². The predicted molar refractivity (Wildman–Crippen MR) is 125 cm³/mol. The van der Waals surface area contributed by atoms with Crippen molar-refractivity contribution in [1.29, 1.82) is 0 Å². The Labute approximate surface area is 183 Å². The minimum absolute atomic E-state index is 0.239. The summed E-state index contributed by atoms with van der Waals surface area (Å²) in [6.07, 6.45) is 0. The van der Waals surface area contributed by atoms with Crippen molar-refractivity contribution < 1.29 is 0 Å². The van der Waals surface area contributed by atoms with E-state index in [4.69, 9.17) is 9.98 Å². The summed E-state index contributed by atoms with van der Waals surface area (Å²) in [5.41, 5.74) is 2.23. The molecule has 0 saturated heterocycles. The van der Waals surface area contributed by atoms with E-state index in [1.165, 1.54) is 48.4 Å². The first kappa shape index (κ1) is 17.3. The summed E-state index contributed by atoms with van der Waals surface area (Å²) in [5.74, 6) is 0. The van der Waals surface area contributed by atoms with E-state index in [1.807, 2.05) is 22.7 Å². The van der Waals surface area contributed by atoms with Crippen LogP contribution in [0.15, 0.2) is 58.5 Å². The fourth-order valence-corrected chi connectivity index (χ4v) is 10.1. The normalized spacial score (nSPS) is 14.9. The van der Waals surface area contributed by atoms with Crippen LogP contribution in [0.5, 0.6) is 0 Å². The molecule has 0 radical (unpaired) electrons. The summed E-state index contributed by atoms with van der Waals surface area (Å²) in [4.78, 5) is 15.5. The number of aliphatic imine (C=N–C) groups is 2. The first-order valence-corrected chi connectivity index (χ1v) is 14.0. The fraction of sp³-hybridized carbons (Fsp3) is 0.0909. The van der Waals surface area contributed by atoms with E-state index in [2.05, 4.69) is 62.4 Å². The topological polar surface area (TPSA) is 24.7 Å². The van der Waals surface area contributed by atoms with Gasteiger partial charge in [0.1, 0.15) is 0 Å². The second kappa shape index (κ2) is 6.50. The Hall–Kier alpha value is -1.52. The molecule has 0 aliphatic carbocycles. The molecule has 6 rings (SSSR count). The van der Waals surface area contributed by atoms with Crippen LogP contribution < -0.4 is 8.92 Å². The molecule has 2 aliphatic heterocycles. The molecule has 28 heavy (non-hydrogen) atoms. The number of thiophene rings is 2.